The van der Waals surface area contributed by atoms with Crippen LogP contribution in [-0.2, 0) is 16.0 Å². The van der Waals surface area contributed by atoms with E-state index in [9.17, 15) is 4.79 Å². The van der Waals surface area contributed by atoms with Gasteiger partial charge in [-0.25, -0.2) is 0 Å². The Hall–Kier alpha value is -1.02. The number of carbonyl (C=O) groups excluding carboxylic acids is 1. The molecule has 0 heterocycles. The van der Waals surface area contributed by atoms with Crippen LogP contribution in [0.25, 0.3) is 0 Å². The second-order valence-corrected chi connectivity index (χ2v) is 4.01. The minimum absolute atomic E-state index is 0.189. The number of rotatable bonds is 3. The monoisotopic (exact) mass is 226 g/mol. The Balaban J connectivity index is 2.77. The maximum atomic E-state index is 11.0. The van der Waals surface area contributed by atoms with Crippen LogP contribution >= 0.6 is 11.6 Å². The van der Waals surface area contributed by atoms with Gasteiger partial charge in [0.1, 0.15) is 0 Å². The number of aryl methyl sites for hydroxylation is 3. The normalized spacial score (nSPS) is 10.1. The van der Waals surface area contributed by atoms with E-state index >= 15 is 0 Å². The molecule has 0 aliphatic heterocycles. The van der Waals surface area contributed by atoms with Crippen LogP contribution in [0, 0.1) is 13.8 Å². The molecule has 1 rings (SSSR count). The van der Waals surface area contributed by atoms with E-state index in [1.165, 1.54) is 12.7 Å². The van der Waals surface area contributed by atoms with Gasteiger partial charge in [0.2, 0.25) is 0 Å². The Morgan fingerprint density at radius 3 is 2.60 bits per heavy atom. The second kappa shape index (κ2) is 5.17. The van der Waals surface area contributed by atoms with Crippen molar-refractivity contribution < 1.29 is 9.53 Å². The minimum atomic E-state index is -0.189. The second-order valence-electron chi connectivity index (χ2n) is 3.60. The molecule has 0 atom stereocenters. The number of ether oxygens (including phenoxy) is 1. The van der Waals surface area contributed by atoms with Crippen molar-refractivity contribution in [2.75, 3.05) is 7.11 Å². The van der Waals surface area contributed by atoms with E-state index in [1.54, 1.807) is 0 Å². The largest absolute Gasteiger partial charge is 0.469 e. The number of halogens is 1. The minimum Gasteiger partial charge on any atom is -0.469 e. The summed E-state index contributed by atoms with van der Waals surface area (Å²) < 4.78 is 4.59. The highest BCUT2D eigenvalue weighted by Crippen LogP contribution is 2.21. The topological polar surface area (TPSA) is 26.3 Å². The SMILES string of the molecule is COC(=O)CCc1cc(Cl)c(C)cc1C. The van der Waals surface area contributed by atoms with Gasteiger partial charge in [-0.3, -0.25) is 4.79 Å². The molecule has 0 saturated heterocycles. The van der Waals surface area contributed by atoms with Crippen LogP contribution in [0.4, 0.5) is 0 Å². The molecule has 0 amide bonds. The van der Waals surface area contributed by atoms with Crippen LogP contribution < -0.4 is 0 Å². The van der Waals surface area contributed by atoms with Crippen molar-refractivity contribution in [3.63, 3.8) is 0 Å². The lowest BCUT2D eigenvalue weighted by atomic mass is 10.0. The van der Waals surface area contributed by atoms with Crippen LogP contribution in [0.15, 0.2) is 12.1 Å². The smallest absolute Gasteiger partial charge is 0.305 e. The van der Waals surface area contributed by atoms with Crippen molar-refractivity contribution >= 4 is 17.6 Å². The molecule has 0 aliphatic rings. The average Bonchev–Trinajstić information content (AvgIpc) is 2.21. The molecule has 0 radical (unpaired) electrons. The summed E-state index contributed by atoms with van der Waals surface area (Å²) in [7, 11) is 1.40. The third kappa shape index (κ3) is 3.24. The van der Waals surface area contributed by atoms with E-state index in [-0.39, 0.29) is 5.97 Å². The quantitative estimate of drug-likeness (QED) is 0.741. The molecule has 0 saturated carbocycles. The van der Waals surface area contributed by atoms with Gasteiger partial charge in [0.05, 0.1) is 7.11 Å². The molecular formula is C12H15ClO2. The molecular weight excluding hydrogens is 212 g/mol. The van der Waals surface area contributed by atoms with Gasteiger partial charge < -0.3 is 4.74 Å². The van der Waals surface area contributed by atoms with Crippen molar-refractivity contribution in [2.24, 2.45) is 0 Å². The Labute approximate surface area is 95.2 Å². The maximum absolute atomic E-state index is 11.0. The summed E-state index contributed by atoms with van der Waals surface area (Å²) in [6.45, 7) is 4.00. The van der Waals surface area contributed by atoms with Crippen LogP contribution in [0.5, 0.6) is 0 Å². The standard InChI is InChI=1S/C12H15ClO2/c1-8-6-9(2)11(13)7-10(8)4-5-12(14)15-3/h6-7H,4-5H2,1-3H3. The Kier molecular flexibility index (Phi) is 4.15. The Morgan fingerprint density at radius 1 is 1.33 bits per heavy atom. The molecule has 0 spiro atoms. The third-order valence-corrected chi connectivity index (χ3v) is 2.85. The summed E-state index contributed by atoms with van der Waals surface area (Å²) in [6.07, 6.45) is 1.08. The predicted molar refractivity (Wildman–Crippen MR) is 61.3 cm³/mol. The number of hydrogen-bond donors (Lipinski definition) is 0. The molecule has 82 valence electrons. The highest BCUT2D eigenvalue weighted by molar-refractivity contribution is 6.31. The zero-order valence-corrected chi connectivity index (χ0v) is 10.0. The van der Waals surface area contributed by atoms with E-state index < -0.39 is 0 Å². The van der Waals surface area contributed by atoms with Crippen molar-refractivity contribution in [1.29, 1.82) is 0 Å². The first-order valence-corrected chi connectivity index (χ1v) is 5.25. The van der Waals surface area contributed by atoms with E-state index in [1.807, 2.05) is 26.0 Å². The highest BCUT2D eigenvalue weighted by Gasteiger charge is 2.06. The average molecular weight is 227 g/mol. The van der Waals surface area contributed by atoms with Crippen molar-refractivity contribution in [3.8, 4) is 0 Å². The molecule has 0 bridgehead atoms. The number of methoxy groups -OCH3 is 1. The summed E-state index contributed by atoms with van der Waals surface area (Å²) in [5.41, 5.74) is 3.34. The van der Waals surface area contributed by atoms with E-state index in [4.69, 9.17) is 11.6 Å². The van der Waals surface area contributed by atoms with E-state index in [0.29, 0.717) is 12.8 Å². The molecule has 0 N–H and O–H groups in total. The lowest BCUT2D eigenvalue weighted by Gasteiger charge is -2.07. The van der Waals surface area contributed by atoms with Gasteiger partial charge in [-0.05, 0) is 43.0 Å². The maximum Gasteiger partial charge on any atom is 0.305 e. The van der Waals surface area contributed by atoms with Crippen LogP contribution in [-0.4, -0.2) is 13.1 Å². The summed E-state index contributed by atoms with van der Waals surface area (Å²) in [5, 5.41) is 0.750. The van der Waals surface area contributed by atoms with Gasteiger partial charge in [0.15, 0.2) is 0 Å². The van der Waals surface area contributed by atoms with Crippen LogP contribution in [0.1, 0.15) is 23.1 Å². The molecule has 1 aromatic rings. The zero-order chi connectivity index (χ0) is 11.4. The Morgan fingerprint density at radius 2 is 2.00 bits per heavy atom. The van der Waals surface area contributed by atoms with Crippen molar-refractivity contribution in [2.45, 2.75) is 26.7 Å². The van der Waals surface area contributed by atoms with Gasteiger partial charge >= 0.3 is 5.97 Å². The highest BCUT2D eigenvalue weighted by atomic mass is 35.5. The van der Waals surface area contributed by atoms with E-state index in [2.05, 4.69) is 4.74 Å². The lowest BCUT2D eigenvalue weighted by Crippen LogP contribution is -2.03. The first-order valence-electron chi connectivity index (χ1n) is 4.87. The third-order valence-electron chi connectivity index (χ3n) is 2.44. The first kappa shape index (κ1) is 12.1. The number of carbonyl (C=O) groups is 1. The fourth-order valence-electron chi connectivity index (χ4n) is 1.48. The lowest BCUT2D eigenvalue weighted by molar-refractivity contribution is -0.140. The van der Waals surface area contributed by atoms with Crippen LogP contribution in [0.2, 0.25) is 5.02 Å². The molecule has 15 heavy (non-hydrogen) atoms. The number of esters is 1. The van der Waals surface area contributed by atoms with Crippen molar-refractivity contribution in [1.82, 2.24) is 0 Å². The fourth-order valence-corrected chi connectivity index (χ4v) is 1.66. The summed E-state index contributed by atoms with van der Waals surface area (Å²) in [6, 6.07) is 3.96. The van der Waals surface area contributed by atoms with E-state index in [0.717, 1.165) is 16.1 Å². The van der Waals surface area contributed by atoms with Gasteiger partial charge in [0, 0.05) is 11.4 Å². The Bertz CT molecular complexity index is 372. The number of hydrogen-bond acceptors (Lipinski definition) is 2. The van der Waals surface area contributed by atoms with Crippen molar-refractivity contribution in [3.05, 3.63) is 33.8 Å². The molecule has 1 aromatic carbocycles. The van der Waals surface area contributed by atoms with Gasteiger partial charge in [-0.15, -0.1) is 0 Å². The molecule has 0 unspecified atom stereocenters. The fraction of sp³-hybridized carbons (Fsp3) is 0.417. The van der Waals surface area contributed by atoms with Crippen LogP contribution in [0.3, 0.4) is 0 Å². The van der Waals surface area contributed by atoms with Gasteiger partial charge in [0.25, 0.3) is 0 Å². The zero-order valence-electron chi connectivity index (χ0n) is 9.26. The number of benzene rings is 1. The first-order chi connectivity index (χ1) is 7.04. The molecule has 0 aromatic heterocycles. The van der Waals surface area contributed by atoms with Gasteiger partial charge in [-0.1, -0.05) is 17.7 Å². The summed E-state index contributed by atoms with van der Waals surface area (Å²) in [5.74, 6) is -0.189. The predicted octanol–water partition coefficient (Wildman–Crippen LogP) is 3.06. The van der Waals surface area contributed by atoms with Gasteiger partial charge in [-0.2, -0.15) is 0 Å². The summed E-state index contributed by atoms with van der Waals surface area (Å²) >= 11 is 6.02. The summed E-state index contributed by atoms with van der Waals surface area (Å²) in [4.78, 5) is 11.0. The molecule has 0 aliphatic carbocycles. The molecule has 0 fully saturated rings. The molecule has 3 heteroatoms. The molecule has 2 nitrogen and oxygen atoms in total.